The fraction of sp³-hybridized carbons (Fsp3) is 0.0588. The summed E-state index contributed by atoms with van der Waals surface area (Å²) in [5.41, 5.74) is 1.94. The predicted octanol–water partition coefficient (Wildman–Crippen LogP) is 3.09. The van der Waals surface area contributed by atoms with Crippen LogP contribution >= 0.6 is 0 Å². The zero-order valence-corrected chi connectivity index (χ0v) is 12.8. The van der Waals surface area contributed by atoms with E-state index in [1.165, 1.54) is 23.7 Å². The summed E-state index contributed by atoms with van der Waals surface area (Å²) in [7, 11) is 0. The molecular weight excluding hydrogens is 309 g/mol. The molecule has 0 aliphatic heterocycles. The van der Waals surface area contributed by atoms with Gasteiger partial charge in [0.05, 0.1) is 5.69 Å². The minimum absolute atomic E-state index is 0.0253. The topological polar surface area (TPSA) is 72.7 Å². The molecule has 6 nitrogen and oxygen atoms in total. The maximum atomic E-state index is 13.0. The van der Waals surface area contributed by atoms with Crippen LogP contribution in [0.4, 0.5) is 10.1 Å². The van der Waals surface area contributed by atoms with E-state index in [4.69, 9.17) is 0 Å². The summed E-state index contributed by atoms with van der Waals surface area (Å²) >= 11 is 0. The number of Topliss-reactive ketones (excluding diaryl/α,β-unsaturated/α-hetero) is 1. The molecule has 0 aliphatic rings. The molecule has 0 amide bonds. The molecule has 0 atom stereocenters. The van der Waals surface area contributed by atoms with Crippen molar-refractivity contribution in [1.29, 1.82) is 0 Å². The second-order valence-corrected chi connectivity index (χ2v) is 5.00. The molecular formula is C17H14FN5O. The number of para-hydroxylation sites is 1. The number of nitrogens with one attached hydrogen (secondary N) is 1. The highest BCUT2D eigenvalue weighted by Crippen LogP contribution is 2.16. The van der Waals surface area contributed by atoms with Crippen molar-refractivity contribution in [2.75, 3.05) is 5.32 Å². The fourth-order valence-corrected chi connectivity index (χ4v) is 2.19. The highest BCUT2D eigenvalue weighted by Gasteiger charge is 2.06. The Hall–Kier alpha value is -3.35. The molecule has 0 bridgehead atoms. The third kappa shape index (κ3) is 3.35. The lowest BCUT2D eigenvalue weighted by Crippen LogP contribution is -2.01. The molecule has 120 valence electrons. The molecule has 2 aromatic carbocycles. The maximum Gasteiger partial charge on any atom is 0.181 e. The van der Waals surface area contributed by atoms with Crippen LogP contribution in [0.3, 0.4) is 0 Å². The van der Waals surface area contributed by atoms with Gasteiger partial charge in [-0.15, -0.1) is 5.10 Å². The molecule has 0 aliphatic carbocycles. The standard InChI is InChI=1S/C17H14FN5O/c1-12(24)15-4-2-3-5-16(15)19-11-10-17-20-21-22-23(17)14-8-6-13(18)7-9-14/h2-11,19H,1H3. The number of hydrogen-bond donors (Lipinski definition) is 1. The van der Waals surface area contributed by atoms with Crippen LogP contribution in [0.25, 0.3) is 11.8 Å². The monoisotopic (exact) mass is 323 g/mol. The first-order valence-corrected chi connectivity index (χ1v) is 7.22. The van der Waals surface area contributed by atoms with Crippen LogP contribution in [-0.2, 0) is 0 Å². The van der Waals surface area contributed by atoms with Gasteiger partial charge in [0, 0.05) is 23.5 Å². The number of benzene rings is 2. The van der Waals surface area contributed by atoms with Gasteiger partial charge >= 0.3 is 0 Å². The Balaban J connectivity index is 1.81. The lowest BCUT2D eigenvalue weighted by Gasteiger charge is -2.06. The minimum Gasteiger partial charge on any atom is -0.361 e. The van der Waals surface area contributed by atoms with E-state index in [9.17, 15) is 9.18 Å². The van der Waals surface area contributed by atoms with E-state index < -0.39 is 0 Å². The molecule has 0 spiro atoms. The van der Waals surface area contributed by atoms with E-state index in [0.717, 1.165) is 0 Å². The number of carbonyl (C=O) groups excluding carboxylic acids is 1. The molecule has 7 heteroatoms. The summed E-state index contributed by atoms with van der Waals surface area (Å²) in [6, 6.07) is 13.1. The number of hydrogen-bond acceptors (Lipinski definition) is 5. The van der Waals surface area contributed by atoms with Gasteiger partial charge in [-0.25, -0.2) is 4.39 Å². The van der Waals surface area contributed by atoms with Crippen LogP contribution in [0.5, 0.6) is 0 Å². The van der Waals surface area contributed by atoms with E-state index in [1.54, 1.807) is 36.5 Å². The molecule has 0 saturated carbocycles. The van der Waals surface area contributed by atoms with Gasteiger partial charge in [0.25, 0.3) is 0 Å². The summed E-state index contributed by atoms with van der Waals surface area (Å²) in [6.45, 7) is 1.51. The predicted molar refractivity (Wildman–Crippen MR) is 88.2 cm³/mol. The molecule has 0 radical (unpaired) electrons. The number of ketones is 1. The van der Waals surface area contributed by atoms with Crippen LogP contribution in [0.1, 0.15) is 23.1 Å². The Morgan fingerprint density at radius 3 is 2.67 bits per heavy atom. The van der Waals surface area contributed by atoms with Crippen molar-refractivity contribution in [2.24, 2.45) is 0 Å². The number of nitrogens with zero attached hydrogens (tertiary/aromatic N) is 4. The molecule has 0 fully saturated rings. The zero-order valence-electron chi connectivity index (χ0n) is 12.8. The van der Waals surface area contributed by atoms with E-state index in [2.05, 4.69) is 20.8 Å². The number of halogens is 1. The Bertz CT molecular complexity index is 886. The Morgan fingerprint density at radius 1 is 1.17 bits per heavy atom. The average molecular weight is 323 g/mol. The average Bonchev–Trinajstić information content (AvgIpc) is 3.04. The fourth-order valence-electron chi connectivity index (χ4n) is 2.19. The molecule has 1 N–H and O–H groups in total. The third-order valence-corrected chi connectivity index (χ3v) is 3.34. The van der Waals surface area contributed by atoms with Gasteiger partial charge in [0.2, 0.25) is 0 Å². The highest BCUT2D eigenvalue weighted by atomic mass is 19.1. The van der Waals surface area contributed by atoms with Crippen molar-refractivity contribution in [1.82, 2.24) is 20.2 Å². The van der Waals surface area contributed by atoms with Crippen molar-refractivity contribution in [2.45, 2.75) is 6.92 Å². The number of tetrazole rings is 1. The summed E-state index contributed by atoms with van der Waals surface area (Å²) < 4.78 is 14.5. The lowest BCUT2D eigenvalue weighted by atomic mass is 10.1. The number of carbonyl (C=O) groups is 1. The van der Waals surface area contributed by atoms with Crippen LogP contribution < -0.4 is 5.32 Å². The van der Waals surface area contributed by atoms with Gasteiger partial charge < -0.3 is 5.32 Å². The quantitative estimate of drug-likeness (QED) is 0.731. The Morgan fingerprint density at radius 2 is 1.92 bits per heavy atom. The van der Waals surface area contributed by atoms with Gasteiger partial charge in [-0.2, -0.15) is 4.68 Å². The van der Waals surface area contributed by atoms with Crippen molar-refractivity contribution < 1.29 is 9.18 Å². The molecule has 1 aromatic heterocycles. The van der Waals surface area contributed by atoms with E-state index in [-0.39, 0.29) is 11.6 Å². The number of anilines is 1. The maximum absolute atomic E-state index is 13.0. The molecule has 0 unspecified atom stereocenters. The summed E-state index contributed by atoms with van der Waals surface area (Å²) in [5, 5.41) is 14.5. The zero-order chi connectivity index (χ0) is 16.9. The SMILES string of the molecule is CC(=O)c1ccccc1NC=Cc1nnnn1-c1ccc(F)cc1. The van der Waals surface area contributed by atoms with Gasteiger partial charge in [0.1, 0.15) is 5.82 Å². The summed E-state index contributed by atoms with van der Waals surface area (Å²) in [6.07, 6.45) is 3.31. The summed E-state index contributed by atoms with van der Waals surface area (Å²) in [4.78, 5) is 11.6. The normalized spacial score (nSPS) is 10.9. The van der Waals surface area contributed by atoms with Crippen molar-refractivity contribution >= 4 is 17.5 Å². The Kier molecular flexibility index (Phi) is 4.42. The molecule has 0 saturated heterocycles. The van der Waals surface area contributed by atoms with Crippen molar-refractivity contribution in [3.8, 4) is 5.69 Å². The largest absolute Gasteiger partial charge is 0.361 e. The molecule has 3 aromatic rings. The van der Waals surface area contributed by atoms with E-state index in [0.29, 0.717) is 22.8 Å². The second-order valence-electron chi connectivity index (χ2n) is 5.00. The van der Waals surface area contributed by atoms with Crippen LogP contribution in [0, 0.1) is 5.82 Å². The van der Waals surface area contributed by atoms with Crippen molar-refractivity contribution in [3.63, 3.8) is 0 Å². The molecule has 3 rings (SSSR count). The lowest BCUT2D eigenvalue weighted by molar-refractivity contribution is 0.101. The summed E-state index contributed by atoms with van der Waals surface area (Å²) in [5.74, 6) is 0.114. The van der Waals surface area contributed by atoms with Gasteiger partial charge in [-0.3, -0.25) is 4.79 Å². The first kappa shape index (κ1) is 15.5. The molecule has 24 heavy (non-hydrogen) atoms. The van der Waals surface area contributed by atoms with E-state index >= 15 is 0 Å². The second kappa shape index (κ2) is 6.82. The van der Waals surface area contributed by atoms with Crippen LogP contribution in [-0.4, -0.2) is 26.0 Å². The van der Waals surface area contributed by atoms with Crippen molar-refractivity contribution in [3.05, 3.63) is 71.9 Å². The van der Waals surface area contributed by atoms with Gasteiger partial charge in [0.15, 0.2) is 11.6 Å². The van der Waals surface area contributed by atoms with Gasteiger partial charge in [-0.1, -0.05) is 12.1 Å². The Labute approximate surface area is 137 Å². The number of rotatable bonds is 5. The first-order valence-electron chi connectivity index (χ1n) is 7.22. The smallest absolute Gasteiger partial charge is 0.181 e. The van der Waals surface area contributed by atoms with Gasteiger partial charge in [-0.05, 0) is 53.7 Å². The van der Waals surface area contributed by atoms with E-state index in [1.807, 2.05) is 12.1 Å². The van der Waals surface area contributed by atoms with Crippen LogP contribution in [0.15, 0.2) is 54.7 Å². The molecule has 1 heterocycles. The highest BCUT2D eigenvalue weighted by molar-refractivity contribution is 5.99. The first-order chi connectivity index (χ1) is 11.6. The third-order valence-electron chi connectivity index (χ3n) is 3.34. The van der Waals surface area contributed by atoms with Crippen LogP contribution in [0.2, 0.25) is 0 Å². The minimum atomic E-state index is -0.327. The number of aromatic nitrogens is 4.